The van der Waals surface area contributed by atoms with Gasteiger partial charge in [-0.1, -0.05) is 30.3 Å². The summed E-state index contributed by atoms with van der Waals surface area (Å²) in [4.78, 5) is 28.0. The summed E-state index contributed by atoms with van der Waals surface area (Å²) in [5.41, 5.74) is 1.91. The average Bonchev–Trinajstić information content (AvgIpc) is 2.66. The number of likely N-dealkylation sites (N-methyl/N-ethyl adjacent to an activating group) is 1. The monoisotopic (exact) mass is 354 g/mol. The minimum atomic E-state index is -0.106. The normalized spacial score (nSPS) is 10.3. The van der Waals surface area contributed by atoms with Gasteiger partial charge in [-0.3, -0.25) is 9.59 Å². The van der Waals surface area contributed by atoms with E-state index in [1.54, 1.807) is 16.9 Å². The molecule has 2 amide bonds. The zero-order valence-electron chi connectivity index (χ0n) is 15.6. The standard InChI is InChI=1S/C21H26N2O3/c1-4-23(19-10-6-5-7-11-19)21(25)16-22(17(2)24)14-13-18-9-8-12-20(15-18)26-3/h5-12,15H,4,13-14,16H2,1-3H3. The van der Waals surface area contributed by atoms with E-state index in [0.717, 1.165) is 17.0 Å². The SMILES string of the molecule is CCN(C(=O)CN(CCc1cccc(OC)c1)C(C)=O)c1ccccc1. The second-order valence-electron chi connectivity index (χ2n) is 6.02. The Morgan fingerprint density at radius 1 is 1.04 bits per heavy atom. The van der Waals surface area contributed by atoms with Crippen molar-refractivity contribution in [1.82, 2.24) is 4.90 Å². The second kappa shape index (κ2) is 9.61. The highest BCUT2D eigenvalue weighted by Crippen LogP contribution is 2.15. The number of para-hydroxylation sites is 1. The maximum Gasteiger partial charge on any atom is 0.246 e. The van der Waals surface area contributed by atoms with E-state index in [-0.39, 0.29) is 18.4 Å². The molecule has 5 nitrogen and oxygen atoms in total. The molecule has 0 fully saturated rings. The summed E-state index contributed by atoms with van der Waals surface area (Å²) < 4.78 is 5.23. The summed E-state index contributed by atoms with van der Waals surface area (Å²) >= 11 is 0. The Morgan fingerprint density at radius 3 is 2.38 bits per heavy atom. The minimum absolute atomic E-state index is 0.0715. The molecular weight excluding hydrogens is 328 g/mol. The number of ether oxygens (including phenoxy) is 1. The van der Waals surface area contributed by atoms with Crippen LogP contribution in [0.5, 0.6) is 5.75 Å². The van der Waals surface area contributed by atoms with Gasteiger partial charge in [0.05, 0.1) is 7.11 Å². The Kier molecular flexibility index (Phi) is 7.21. The molecule has 0 aliphatic heterocycles. The van der Waals surface area contributed by atoms with Crippen molar-refractivity contribution in [1.29, 1.82) is 0 Å². The highest BCUT2D eigenvalue weighted by atomic mass is 16.5. The lowest BCUT2D eigenvalue weighted by Gasteiger charge is -2.26. The maximum absolute atomic E-state index is 12.7. The van der Waals surface area contributed by atoms with Crippen molar-refractivity contribution in [2.75, 3.05) is 31.6 Å². The van der Waals surface area contributed by atoms with Gasteiger partial charge < -0.3 is 14.5 Å². The molecule has 0 aliphatic rings. The molecule has 0 unspecified atom stereocenters. The number of carbonyl (C=O) groups excluding carboxylic acids is 2. The third kappa shape index (κ3) is 5.34. The molecule has 0 saturated heterocycles. The number of methoxy groups -OCH3 is 1. The van der Waals surface area contributed by atoms with Gasteiger partial charge in [0.15, 0.2) is 0 Å². The fourth-order valence-electron chi connectivity index (χ4n) is 2.80. The third-order valence-electron chi connectivity index (χ3n) is 4.26. The molecule has 2 aromatic rings. The van der Waals surface area contributed by atoms with Crippen molar-refractivity contribution >= 4 is 17.5 Å². The number of anilines is 1. The molecule has 2 rings (SSSR count). The Labute approximate surface area is 155 Å². The molecule has 0 N–H and O–H groups in total. The van der Waals surface area contributed by atoms with Crippen molar-refractivity contribution in [3.63, 3.8) is 0 Å². The van der Waals surface area contributed by atoms with Gasteiger partial charge in [-0.15, -0.1) is 0 Å². The topological polar surface area (TPSA) is 49.9 Å². The maximum atomic E-state index is 12.7. The van der Waals surface area contributed by atoms with Crippen LogP contribution in [0, 0.1) is 0 Å². The highest BCUT2D eigenvalue weighted by Gasteiger charge is 2.19. The summed E-state index contributed by atoms with van der Waals surface area (Å²) in [6.07, 6.45) is 0.668. The van der Waals surface area contributed by atoms with Crippen molar-refractivity contribution < 1.29 is 14.3 Å². The summed E-state index contributed by atoms with van der Waals surface area (Å²) in [5, 5.41) is 0. The lowest BCUT2D eigenvalue weighted by molar-refractivity contribution is -0.133. The van der Waals surface area contributed by atoms with Crippen LogP contribution >= 0.6 is 0 Å². The van der Waals surface area contributed by atoms with Crippen LogP contribution in [-0.4, -0.2) is 43.5 Å². The zero-order valence-corrected chi connectivity index (χ0v) is 15.6. The first-order valence-corrected chi connectivity index (χ1v) is 8.79. The van der Waals surface area contributed by atoms with Crippen LogP contribution < -0.4 is 9.64 Å². The Morgan fingerprint density at radius 2 is 1.77 bits per heavy atom. The summed E-state index contributed by atoms with van der Waals surface area (Å²) in [5.74, 6) is 0.596. The molecule has 5 heteroatoms. The van der Waals surface area contributed by atoms with E-state index < -0.39 is 0 Å². The smallest absolute Gasteiger partial charge is 0.246 e. The van der Waals surface area contributed by atoms with Crippen LogP contribution in [0.2, 0.25) is 0 Å². The molecule has 26 heavy (non-hydrogen) atoms. The molecule has 0 atom stereocenters. The summed E-state index contributed by atoms with van der Waals surface area (Å²) in [7, 11) is 1.63. The van der Waals surface area contributed by atoms with E-state index in [1.165, 1.54) is 6.92 Å². The van der Waals surface area contributed by atoms with E-state index in [1.807, 2.05) is 61.5 Å². The molecule has 2 aromatic carbocycles. The van der Waals surface area contributed by atoms with E-state index >= 15 is 0 Å². The molecule has 0 aromatic heterocycles. The van der Waals surface area contributed by atoms with E-state index in [0.29, 0.717) is 19.5 Å². The average molecular weight is 354 g/mol. The molecular formula is C21H26N2O3. The highest BCUT2D eigenvalue weighted by molar-refractivity contribution is 5.96. The molecule has 0 aliphatic carbocycles. The van der Waals surface area contributed by atoms with Crippen molar-refractivity contribution in [3.8, 4) is 5.75 Å². The van der Waals surface area contributed by atoms with Crippen LogP contribution in [0.15, 0.2) is 54.6 Å². The Hall–Kier alpha value is -2.82. The van der Waals surface area contributed by atoms with Crippen molar-refractivity contribution in [2.45, 2.75) is 20.3 Å². The van der Waals surface area contributed by atoms with Gasteiger partial charge >= 0.3 is 0 Å². The number of hydrogen-bond acceptors (Lipinski definition) is 3. The van der Waals surface area contributed by atoms with Crippen molar-refractivity contribution in [2.24, 2.45) is 0 Å². The molecule has 0 bridgehead atoms. The number of benzene rings is 2. The van der Waals surface area contributed by atoms with Gasteiger partial charge in [-0.25, -0.2) is 0 Å². The van der Waals surface area contributed by atoms with Gasteiger partial charge in [-0.05, 0) is 43.2 Å². The van der Waals surface area contributed by atoms with Gasteiger partial charge in [0.1, 0.15) is 12.3 Å². The van der Waals surface area contributed by atoms with Gasteiger partial charge in [0.2, 0.25) is 11.8 Å². The van der Waals surface area contributed by atoms with Crippen molar-refractivity contribution in [3.05, 3.63) is 60.2 Å². The van der Waals surface area contributed by atoms with Gasteiger partial charge in [-0.2, -0.15) is 0 Å². The predicted molar refractivity (Wildman–Crippen MR) is 103 cm³/mol. The molecule has 0 spiro atoms. The first-order valence-electron chi connectivity index (χ1n) is 8.79. The third-order valence-corrected chi connectivity index (χ3v) is 4.26. The summed E-state index contributed by atoms with van der Waals surface area (Å²) in [6, 6.07) is 17.3. The zero-order chi connectivity index (χ0) is 18.9. The Balaban J connectivity index is 2.02. The second-order valence-corrected chi connectivity index (χ2v) is 6.02. The first kappa shape index (κ1) is 19.5. The van der Waals surface area contributed by atoms with Crippen LogP contribution in [0.1, 0.15) is 19.4 Å². The fourth-order valence-corrected chi connectivity index (χ4v) is 2.80. The molecule has 0 saturated carbocycles. The number of nitrogens with zero attached hydrogens (tertiary/aromatic N) is 2. The fraction of sp³-hybridized carbons (Fsp3) is 0.333. The number of amides is 2. The number of rotatable bonds is 8. The van der Waals surface area contributed by atoms with Crippen LogP contribution in [-0.2, 0) is 16.0 Å². The number of carbonyl (C=O) groups is 2. The largest absolute Gasteiger partial charge is 0.497 e. The lowest BCUT2D eigenvalue weighted by Crippen LogP contribution is -2.43. The van der Waals surface area contributed by atoms with Gasteiger partial charge in [0.25, 0.3) is 0 Å². The molecule has 0 radical (unpaired) electrons. The minimum Gasteiger partial charge on any atom is -0.497 e. The van der Waals surface area contributed by atoms with E-state index in [2.05, 4.69) is 0 Å². The molecule has 138 valence electrons. The van der Waals surface area contributed by atoms with Crippen LogP contribution in [0.4, 0.5) is 5.69 Å². The van der Waals surface area contributed by atoms with Crippen LogP contribution in [0.25, 0.3) is 0 Å². The van der Waals surface area contributed by atoms with Crippen LogP contribution in [0.3, 0.4) is 0 Å². The molecule has 0 heterocycles. The number of hydrogen-bond donors (Lipinski definition) is 0. The first-order chi connectivity index (χ1) is 12.5. The Bertz CT molecular complexity index is 731. The quantitative estimate of drug-likeness (QED) is 0.732. The van der Waals surface area contributed by atoms with Gasteiger partial charge in [0, 0.05) is 25.7 Å². The lowest BCUT2D eigenvalue weighted by atomic mass is 10.1. The van der Waals surface area contributed by atoms with E-state index in [4.69, 9.17) is 4.74 Å². The van der Waals surface area contributed by atoms with E-state index in [9.17, 15) is 9.59 Å². The summed E-state index contributed by atoms with van der Waals surface area (Å²) in [6.45, 7) is 4.55. The predicted octanol–water partition coefficient (Wildman–Crippen LogP) is 3.14.